The van der Waals surface area contributed by atoms with Gasteiger partial charge in [0.25, 0.3) is 0 Å². The molecule has 0 radical (unpaired) electrons. The van der Waals surface area contributed by atoms with Crippen molar-refractivity contribution in [3.63, 3.8) is 0 Å². The van der Waals surface area contributed by atoms with Gasteiger partial charge in [0.05, 0.1) is 0 Å². The number of hydrogen-bond acceptors (Lipinski definition) is 1. The molecule has 0 saturated carbocycles. The van der Waals surface area contributed by atoms with E-state index < -0.39 is 0 Å². The molecule has 0 aliphatic carbocycles. The molecule has 0 atom stereocenters. The molecule has 0 spiro atoms. The smallest absolute Gasteiger partial charge is 0.00489 e. The minimum atomic E-state index is 1.23. The standard InChI is InChI=1S/C22H47N/c1-3-5-7-8-9-10-11-12-13-14-15-16-17-18-20-22-23-21-19-6-4-2/h23H,3-22H2,1-2H3. The lowest BCUT2D eigenvalue weighted by molar-refractivity contribution is 0.525. The van der Waals surface area contributed by atoms with E-state index in [1.165, 1.54) is 129 Å². The van der Waals surface area contributed by atoms with Gasteiger partial charge in [-0.25, -0.2) is 0 Å². The first kappa shape index (κ1) is 23.0. The van der Waals surface area contributed by atoms with Gasteiger partial charge in [0, 0.05) is 0 Å². The second kappa shape index (κ2) is 22.0. The highest BCUT2D eigenvalue weighted by atomic mass is 14.8. The maximum atomic E-state index is 3.57. The molecule has 23 heavy (non-hydrogen) atoms. The third-order valence-corrected chi connectivity index (χ3v) is 4.91. The van der Waals surface area contributed by atoms with Gasteiger partial charge in [0.1, 0.15) is 0 Å². The van der Waals surface area contributed by atoms with E-state index in [-0.39, 0.29) is 0 Å². The average Bonchev–Trinajstić information content (AvgIpc) is 2.57. The molecule has 0 rings (SSSR count). The van der Waals surface area contributed by atoms with E-state index >= 15 is 0 Å². The van der Waals surface area contributed by atoms with Crippen LogP contribution >= 0.6 is 0 Å². The molecule has 1 heteroatoms. The van der Waals surface area contributed by atoms with Gasteiger partial charge >= 0.3 is 0 Å². The second-order valence-corrected chi connectivity index (χ2v) is 7.41. The predicted octanol–water partition coefficient (Wildman–Crippen LogP) is 7.64. The van der Waals surface area contributed by atoms with Crippen molar-refractivity contribution in [2.24, 2.45) is 0 Å². The zero-order chi connectivity index (χ0) is 16.8. The van der Waals surface area contributed by atoms with Crippen molar-refractivity contribution >= 4 is 0 Å². The van der Waals surface area contributed by atoms with Gasteiger partial charge in [-0.1, -0.05) is 117 Å². The highest BCUT2D eigenvalue weighted by molar-refractivity contribution is 4.52. The fourth-order valence-electron chi connectivity index (χ4n) is 3.25. The summed E-state index contributed by atoms with van der Waals surface area (Å²) < 4.78 is 0. The molecule has 0 bridgehead atoms. The molecule has 0 aromatic carbocycles. The van der Waals surface area contributed by atoms with Gasteiger partial charge in [0.15, 0.2) is 0 Å². The Morgan fingerprint density at radius 1 is 0.348 bits per heavy atom. The molecule has 1 N–H and O–H groups in total. The second-order valence-electron chi connectivity index (χ2n) is 7.41. The van der Waals surface area contributed by atoms with Crippen LogP contribution in [0.1, 0.15) is 129 Å². The maximum Gasteiger partial charge on any atom is -0.00489 e. The number of nitrogens with one attached hydrogen (secondary N) is 1. The van der Waals surface area contributed by atoms with Gasteiger partial charge < -0.3 is 5.32 Å². The number of rotatable bonds is 20. The first-order valence-electron chi connectivity index (χ1n) is 11.1. The SMILES string of the molecule is CCCCCCCCCCCCCCCCCNCCCCC. The Kier molecular flexibility index (Phi) is 21.9. The highest BCUT2D eigenvalue weighted by Crippen LogP contribution is 2.13. The molecule has 0 unspecified atom stereocenters. The summed E-state index contributed by atoms with van der Waals surface area (Å²) in [7, 11) is 0. The van der Waals surface area contributed by atoms with Crippen molar-refractivity contribution in [1.29, 1.82) is 0 Å². The van der Waals surface area contributed by atoms with Crippen molar-refractivity contribution in [3.8, 4) is 0 Å². The van der Waals surface area contributed by atoms with Crippen LogP contribution in [-0.2, 0) is 0 Å². The molecule has 0 heterocycles. The van der Waals surface area contributed by atoms with Crippen LogP contribution in [0.2, 0.25) is 0 Å². The fraction of sp³-hybridized carbons (Fsp3) is 1.00. The minimum Gasteiger partial charge on any atom is -0.317 e. The summed E-state index contributed by atoms with van der Waals surface area (Å²) in [4.78, 5) is 0. The zero-order valence-corrected chi connectivity index (χ0v) is 16.6. The molecule has 0 aromatic rings. The normalized spacial score (nSPS) is 11.2. The van der Waals surface area contributed by atoms with Crippen LogP contribution in [0.15, 0.2) is 0 Å². The summed E-state index contributed by atoms with van der Waals surface area (Å²) in [6.45, 7) is 7.04. The quantitative estimate of drug-likeness (QED) is 0.227. The molecule has 0 saturated heterocycles. The molecule has 1 nitrogen and oxygen atoms in total. The number of hydrogen-bond donors (Lipinski definition) is 1. The molecule has 0 aliphatic heterocycles. The summed E-state index contributed by atoms with van der Waals surface area (Å²) in [5.74, 6) is 0. The lowest BCUT2D eigenvalue weighted by Gasteiger charge is -2.05. The van der Waals surface area contributed by atoms with Crippen molar-refractivity contribution in [2.45, 2.75) is 129 Å². The highest BCUT2D eigenvalue weighted by Gasteiger charge is 1.94. The van der Waals surface area contributed by atoms with E-state index in [1.807, 2.05) is 0 Å². The Hall–Kier alpha value is -0.0400. The average molecular weight is 326 g/mol. The maximum absolute atomic E-state index is 3.57. The van der Waals surface area contributed by atoms with E-state index in [9.17, 15) is 0 Å². The molecule has 0 fully saturated rings. The zero-order valence-electron chi connectivity index (χ0n) is 16.6. The van der Waals surface area contributed by atoms with Gasteiger partial charge in [-0.3, -0.25) is 0 Å². The predicted molar refractivity (Wildman–Crippen MR) is 107 cm³/mol. The van der Waals surface area contributed by atoms with E-state index in [4.69, 9.17) is 0 Å². The Morgan fingerprint density at radius 3 is 1.00 bits per heavy atom. The largest absolute Gasteiger partial charge is 0.317 e. The first-order chi connectivity index (χ1) is 11.4. The van der Waals surface area contributed by atoms with Crippen LogP contribution in [0.25, 0.3) is 0 Å². The van der Waals surface area contributed by atoms with E-state index in [0.717, 1.165) is 0 Å². The number of unbranched alkanes of at least 4 members (excludes halogenated alkanes) is 16. The van der Waals surface area contributed by atoms with E-state index in [0.29, 0.717) is 0 Å². The van der Waals surface area contributed by atoms with Crippen LogP contribution in [0.3, 0.4) is 0 Å². The van der Waals surface area contributed by atoms with Crippen molar-refractivity contribution in [2.75, 3.05) is 13.1 Å². The molecule has 140 valence electrons. The molecule has 0 aliphatic rings. The third-order valence-electron chi connectivity index (χ3n) is 4.91. The topological polar surface area (TPSA) is 12.0 Å². The summed E-state index contributed by atoms with van der Waals surface area (Å²) >= 11 is 0. The molecular weight excluding hydrogens is 278 g/mol. The fourth-order valence-corrected chi connectivity index (χ4v) is 3.25. The van der Waals surface area contributed by atoms with Crippen LogP contribution in [0.5, 0.6) is 0 Å². The van der Waals surface area contributed by atoms with Crippen molar-refractivity contribution in [3.05, 3.63) is 0 Å². The van der Waals surface area contributed by atoms with Crippen LogP contribution in [0, 0.1) is 0 Å². The summed E-state index contributed by atoms with van der Waals surface area (Å²) in [6, 6.07) is 0. The van der Waals surface area contributed by atoms with Crippen LogP contribution in [-0.4, -0.2) is 13.1 Å². The Bertz CT molecular complexity index is 170. The van der Waals surface area contributed by atoms with E-state index in [2.05, 4.69) is 19.2 Å². The lowest BCUT2D eigenvalue weighted by Crippen LogP contribution is -2.16. The Morgan fingerprint density at radius 2 is 0.609 bits per heavy atom. The van der Waals surface area contributed by atoms with Gasteiger partial charge in [-0.05, 0) is 25.9 Å². The van der Waals surface area contributed by atoms with Gasteiger partial charge in [-0.15, -0.1) is 0 Å². The Balaban J connectivity index is 2.92. The molecule has 0 amide bonds. The summed E-state index contributed by atoms with van der Waals surface area (Å²) in [6.07, 6.45) is 25.9. The van der Waals surface area contributed by atoms with Crippen molar-refractivity contribution < 1.29 is 0 Å². The minimum absolute atomic E-state index is 1.23. The van der Waals surface area contributed by atoms with Crippen LogP contribution < -0.4 is 5.32 Å². The monoisotopic (exact) mass is 325 g/mol. The summed E-state index contributed by atoms with van der Waals surface area (Å²) in [5, 5.41) is 3.57. The van der Waals surface area contributed by atoms with E-state index in [1.54, 1.807) is 0 Å². The molecular formula is C22H47N. The third kappa shape index (κ3) is 22.0. The first-order valence-corrected chi connectivity index (χ1v) is 11.1. The Labute approximate surface area is 148 Å². The summed E-state index contributed by atoms with van der Waals surface area (Å²) in [5.41, 5.74) is 0. The lowest BCUT2D eigenvalue weighted by atomic mass is 10.0. The van der Waals surface area contributed by atoms with Crippen LogP contribution in [0.4, 0.5) is 0 Å². The van der Waals surface area contributed by atoms with Crippen molar-refractivity contribution in [1.82, 2.24) is 5.32 Å². The van der Waals surface area contributed by atoms with Gasteiger partial charge in [-0.2, -0.15) is 0 Å². The molecule has 0 aromatic heterocycles. The van der Waals surface area contributed by atoms with Gasteiger partial charge in [0.2, 0.25) is 0 Å².